The van der Waals surface area contributed by atoms with Crippen molar-refractivity contribution in [3.05, 3.63) is 56.8 Å². The highest BCUT2D eigenvalue weighted by Gasteiger charge is 2.27. The first kappa shape index (κ1) is 19.1. The molecule has 1 aliphatic heterocycles. The minimum absolute atomic E-state index is 0.210. The van der Waals surface area contributed by atoms with E-state index >= 15 is 0 Å². The Bertz CT molecular complexity index is 739. The first-order chi connectivity index (χ1) is 12.5. The molecular formula is C22H30N2OS. The van der Waals surface area contributed by atoms with Crippen LogP contribution in [0.15, 0.2) is 29.0 Å². The second-order valence-corrected chi connectivity index (χ2v) is 8.35. The Morgan fingerprint density at radius 3 is 2.65 bits per heavy atom. The van der Waals surface area contributed by atoms with Crippen molar-refractivity contribution >= 4 is 17.2 Å². The van der Waals surface area contributed by atoms with Gasteiger partial charge in [-0.3, -0.25) is 4.79 Å². The molecule has 4 heteroatoms. The normalized spacial score (nSPS) is 13.7. The van der Waals surface area contributed by atoms with Crippen molar-refractivity contribution in [1.82, 2.24) is 9.80 Å². The van der Waals surface area contributed by atoms with Gasteiger partial charge in [-0.15, -0.1) is 0 Å². The monoisotopic (exact) mass is 370 g/mol. The van der Waals surface area contributed by atoms with Crippen LogP contribution in [-0.2, 0) is 13.0 Å². The molecule has 3 nitrogen and oxygen atoms in total. The molecule has 1 aliphatic rings. The fourth-order valence-electron chi connectivity index (χ4n) is 3.62. The third kappa shape index (κ3) is 4.74. The van der Waals surface area contributed by atoms with E-state index in [1.807, 2.05) is 4.90 Å². The second kappa shape index (κ2) is 8.83. The van der Waals surface area contributed by atoms with Crippen LogP contribution >= 0.6 is 11.3 Å². The molecule has 0 aliphatic carbocycles. The zero-order valence-corrected chi connectivity index (χ0v) is 17.1. The third-order valence-electron chi connectivity index (χ3n) is 5.40. The summed E-state index contributed by atoms with van der Waals surface area (Å²) in [6.07, 6.45) is 4.72. The van der Waals surface area contributed by atoms with Gasteiger partial charge in [-0.2, -0.15) is 11.3 Å². The van der Waals surface area contributed by atoms with Crippen molar-refractivity contribution < 1.29 is 4.79 Å². The number of fused-ring (bicyclic) bond motifs is 1. The lowest BCUT2D eigenvalue weighted by Crippen LogP contribution is -2.29. The van der Waals surface area contributed by atoms with Gasteiger partial charge in [-0.05, 0) is 105 Å². The van der Waals surface area contributed by atoms with E-state index in [1.165, 1.54) is 41.5 Å². The number of rotatable bonds is 9. The van der Waals surface area contributed by atoms with E-state index < -0.39 is 0 Å². The molecule has 1 amide bonds. The molecule has 0 fully saturated rings. The fraction of sp³-hybridized carbons (Fsp3) is 0.500. The number of hydrogen-bond acceptors (Lipinski definition) is 3. The van der Waals surface area contributed by atoms with Gasteiger partial charge in [0, 0.05) is 18.7 Å². The second-order valence-electron chi connectivity index (χ2n) is 7.57. The van der Waals surface area contributed by atoms with Gasteiger partial charge in [0.05, 0.1) is 0 Å². The van der Waals surface area contributed by atoms with Gasteiger partial charge in [-0.1, -0.05) is 6.07 Å². The number of unbranched alkanes of at least 4 members (excludes halogenated alkanes) is 1. The molecule has 0 unspecified atom stereocenters. The predicted molar refractivity (Wildman–Crippen MR) is 110 cm³/mol. The Morgan fingerprint density at radius 1 is 1.12 bits per heavy atom. The maximum Gasteiger partial charge on any atom is 0.254 e. The number of benzene rings is 1. The molecule has 0 saturated carbocycles. The molecule has 0 spiro atoms. The SMILES string of the molecule is Cc1cc2c(cc1C)C(=O)N(CCCN(C)CCCCc1ccsc1)C2. The Kier molecular flexibility index (Phi) is 6.49. The zero-order chi connectivity index (χ0) is 18.5. The van der Waals surface area contributed by atoms with Crippen molar-refractivity contribution in [1.29, 1.82) is 0 Å². The summed E-state index contributed by atoms with van der Waals surface area (Å²) in [5.74, 6) is 0.210. The first-order valence-electron chi connectivity index (χ1n) is 9.63. The highest BCUT2D eigenvalue weighted by Crippen LogP contribution is 2.25. The number of aryl methyl sites for hydroxylation is 3. The van der Waals surface area contributed by atoms with Crippen molar-refractivity contribution in [2.24, 2.45) is 0 Å². The number of thiophene rings is 1. The topological polar surface area (TPSA) is 23.6 Å². The largest absolute Gasteiger partial charge is 0.334 e. The molecular weight excluding hydrogens is 340 g/mol. The Hall–Kier alpha value is -1.65. The van der Waals surface area contributed by atoms with Gasteiger partial charge in [0.2, 0.25) is 0 Å². The molecule has 0 atom stereocenters. The van der Waals surface area contributed by atoms with E-state index in [4.69, 9.17) is 0 Å². The van der Waals surface area contributed by atoms with Gasteiger partial charge in [-0.25, -0.2) is 0 Å². The summed E-state index contributed by atoms with van der Waals surface area (Å²) in [6.45, 7) is 8.02. The highest BCUT2D eigenvalue weighted by atomic mass is 32.1. The van der Waals surface area contributed by atoms with Crippen LogP contribution in [0.25, 0.3) is 0 Å². The lowest BCUT2D eigenvalue weighted by atomic mass is 10.0. The zero-order valence-electron chi connectivity index (χ0n) is 16.3. The smallest absolute Gasteiger partial charge is 0.254 e. The maximum absolute atomic E-state index is 12.6. The van der Waals surface area contributed by atoms with Crippen LogP contribution < -0.4 is 0 Å². The summed E-state index contributed by atoms with van der Waals surface area (Å²) >= 11 is 1.78. The Labute approximate surface area is 161 Å². The minimum atomic E-state index is 0.210. The first-order valence-corrected chi connectivity index (χ1v) is 10.6. The molecule has 0 radical (unpaired) electrons. The summed E-state index contributed by atoms with van der Waals surface area (Å²) in [6, 6.07) is 6.47. The quantitative estimate of drug-likeness (QED) is 0.599. The van der Waals surface area contributed by atoms with Gasteiger partial charge in [0.25, 0.3) is 5.91 Å². The number of carbonyl (C=O) groups excluding carboxylic acids is 1. The van der Waals surface area contributed by atoms with E-state index in [1.54, 1.807) is 11.3 Å². The summed E-state index contributed by atoms with van der Waals surface area (Å²) in [4.78, 5) is 17.0. The maximum atomic E-state index is 12.6. The van der Waals surface area contributed by atoms with Crippen LogP contribution in [0.5, 0.6) is 0 Å². The minimum Gasteiger partial charge on any atom is -0.334 e. The molecule has 0 saturated heterocycles. The van der Waals surface area contributed by atoms with Crippen LogP contribution in [0.3, 0.4) is 0 Å². The predicted octanol–water partition coefficient (Wildman–Crippen LogP) is 4.67. The van der Waals surface area contributed by atoms with Crippen molar-refractivity contribution in [2.75, 3.05) is 26.7 Å². The number of nitrogens with zero attached hydrogens (tertiary/aromatic N) is 2. The summed E-state index contributed by atoms with van der Waals surface area (Å²) in [5.41, 5.74) is 6.06. The van der Waals surface area contributed by atoms with Crippen LogP contribution in [0, 0.1) is 13.8 Å². The van der Waals surface area contributed by atoms with Crippen LogP contribution in [0.2, 0.25) is 0 Å². The molecule has 3 rings (SSSR count). The van der Waals surface area contributed by atoms with Crippen LogP contribution in [0.1, 0.15) is 51.9 Å². The molecule has 1 aromatic carbocycles. The van der Waals surface area contributed by atoms with E-state index in [0.717, 1.165) is 38.2 Å². The van der Waals surface area contributed by atoms with Crippen LogP contribution in [0.4, 0.5) is 0 Å². The van der Waals surface area contributed by atoms with E-state index in [0.29, 0.717) is 0 Å². The average Bonchev–Trinajstić information content (AvgIpc) is 3.22. The van der Waals surface area contributed by atoms with E-state index in [9.17, 15) is 4.79 Å². The molecule has 1 aromatic heterocycles. The van der Waals surface area contributed by atoms with Crippen molar-refractivity contribution in [2.45, 2.75) is 46.1 Å². The Balaban J connectivity index is 1.35. The Morgan fingerprint density at radius 2 is 1.88 bits per heavy atom. The molecule has 140 valence electrons. The highest BCUT2D eigenvalue weighted by molar-refractivity contribution is 7.07. The van der Waals surface area contributed by atoms with E-state index in [2.05, 4.69) is 54.8 Å². The van der Waals surface area contributed by atoms with Gasteiger partial charge < -0.3 is 9.80 Å². The van der Waals surface area contributed by atoms with Gasteiger partial charge in [0.1, 0.15) is 0 Å². The van der Waals surface area contributed by atoms with Gasteiger partial charge in [0.15, 0.2) is 0 Å². The summed E-state index contributed by atoms with van der Waals surface area (Å²) in [7, 11) is 2.19. The van der Waals surface area contributed by atoms with Crippen molar-refractivity contribution in [3.63, 3.8) is 0 Å². The summed E-state index contributed by atoms with van der Waals surface area (Å²) < 4.78 is 0. The number of carbonyl (C=O) groups is 1. The van der Waals surface area contributed by atoms with E-state index in [-0.39, 0.29) is 5.91 Å². The average molecular weight is 371 g/mol. The summed E-state index contributed by atoms with van der Waals surface area (Å²) in [5, 5.41) is 4.40. The standard InChI is InChI=1S/C22H30N2OS/c1-17-13-20-15-24(22(25)21(20)14-18(17)2)11-6-10-23(3)9-5-4-7-19-8-12-26-16-19/h8,12-14,16H,4-7,9-11,15H2,1-3H3. The number of hydrogen-bond donors (Lipinski definition) is 0. The lowest BCUT2D eigenvalue weighted by Gasteiger charge is -2.20. The van der Waals surface area contributed by atoms with Gasteiger partial charge >= 0.3 is 0 Å². The van der Waals surface area contributed by atoms with Crippen LogP contribution in [-0.4, -0.2) is 42.4 Å². The lowest BCUT2D eigenvalue weighted by molar-refractivity contribution is 0.0772. The molecule has 2 aromatic rings. The molecule has 0 N–H and O–H groups in total. The van der Waals surface area contributed by atoms with Crippen molar-refractivity contribution in [3.8, 4) is 0 Å². The third-order valence-corrected chi connectivity index (χ3v) is 6.13. The fourth-order valence-corrected chi connectivity index (χ4v) is 4.33. The molecule has 0 bridgehead atoms. The molecule has 26 heavy (non-hydrogen) atoms. The molecule has 2 heterocycles. The number of amides is 1.